The van der Waals surface area contributed by atoms with Gasteiger partial charge in [0.15, 0.2) is 0 Å². The lowest BCUT2D eigenvalue weighted by molar-refractivity contribution is -0.140. The van der Waals surface area contributed by atoms with Gasteiger partial charge in [-0.05, 0) is 25.3 Å². The second-order valence-corrected chi connectivity index (χ2v) is 6.96. The predicted molar refractivity (Wildman–Crippen MR) is 100 cm³/mol. The molecular formula is C20H24N4O3. The average Bonchev–Trinajstić information content (AvgIpc) is 3.37. The Morgan fingerprint density at radius 3 is 2.67 bits per heavy atom. The first-order chi connectivity index (χ1) is 13.2. The first-order valence-corrected chi connectivity index (χ1v) is 9.52. The van der Waals surface area contributed by atoms with Gasteiger partial charge in [-0.15, -0.1) is 0 Å². The van der Waals surface area contributed by atoms with Crippen molar-refractivity contribution in [1.29, 1.82) is 0 Å². The summed E-state index contributed by atoms with van der Waals surface area (Å²) in [6.45, 7) is 3.05. The zero-order valence-corrected chi connectivity index (χ0v) is 15.3. The number of aromatic amines is 1. The molecule has 1 atom stereocenters. The van der Waals surface area contributed by atoms with Crippen LogP contribution in [0.2, 0.25) is 0 Å². The van der Waals surface area contributed by atoms with E-state index < -0.39 is 0 Å². The minimum absolute atomic E-state index is 0.0200. The maximum absolute atomic E-state index is 13.2. The van der Waals surface area contributed by atoms with Crippen LogP contribution >= 0.6 is 0 Å². The van der Waals surface area contributed by atoms with E-state index in [1.165, 1.54) is 0 Å². The van der Waals surface area contributed by atoms with Crippen LogP contribution in [0.1, 0.15) is 29.6 Å². The van der Waals surface area contributed by atoms with Gasteiger partial charge in [0.1, 0.15) is 11.9 Å². The summed E-state index contributed by atoms with van der Waals surface area (Å²) in [6, 6.07) is 7.50. The summed E-state index contributed by atoms with van der Waals surface area (Å²) in [6.07, 6.45) is 5.64. The van der Waals surface area contributed by atoms with Crippen LogP contribution < -0.4 is 0 Å². The largest absolute Gasteiger partial charge is 0.368 e. The number of hydrogen-bond donors (Lipinski definition) is 1. The second-order valence-electron chi connectivity index (χ2n) is 6.96. The average molecular weight is 368 g/mol. The van der Waals surface area contributed by atoms with E-state index in [1.54, 1.807) is 12.4 Å². The van der Waals surface area contributed by atoms with Gasteiger partial charge in [-0.1, -0.05) is 18.2 Å². The van der Waals surface area contributed by atoms with Crippen molar-refractivity contribution < 1.29 is 14.3 Å². The molecule has 2 saturated heterocycles. The molecule has 0 saturated carbocycles. The molecular weight excluding hydrogens is 344 g/mol. The van der Waals surface area contributed by atoms with E-state index in [-0.39, 0.29) is 17.9 Å². The Morgan fingerprint density at radius 1 is 1.07 bits per heavy atom. The van der Waals surface area contributed by atoms with Crippen molar-refractivity contribution in [1.82, 2.24) is 19.8 Å². The van der Waals surface area contributed by atoms with Crippen LogP contribution in [0, 0.1) is 0 Å². The Labute approximate surface area is 158 Å². The van der Waals surface area contributed by atoms with Crippen molar-refractivity contribution in [3.63, 3.8) is 0 Å². The number of carbonyl (C=O) groups is 2. The molecule has 1 aromatic heterocycles. The fraction of sp³-hybridized carbons (Fsp3) is 0.450. The third-order valence-electron chi connectivity index (χ3n) is 5.21. The van der Waals surface area contributed by atoms with Gasteiger partial charge in [-0.25, -0.2) is 4.98 Å². The Kier molecular flexibility index (Phi) is 5.20. The summed E-state index contributed by atoms with van der Waals surface area (Å²) in [5, 5.41) is 0. The summed E-state index contributed by atoms with van der Waals surface area (Å²) >= 11 is 0. The van der Waals surface area contributed by atoms with E-state index in [0.29, 0.717) is 44.2 Å². The Morgan fingerprint density at radius 2 is 1.89 bits per heavy atom. The van der Waals surface area contributed by atoms with E-state index in [1.807, 2.05) is 34.1 Å². The number of rotatable bonds is 3. The molecule has 0 spiro atoms. The fourth-order valence-electron chi connectivity index (χ4n) is 3.78. The predicted octanol–water partition coefficient (Wildman–Crippen LogP) is 1.93. The quantitative estimate of drug-likeness (QED) is 0.898. The van der Waals surface area contributed by atoms with E-state index in [2.05, 4.69) is 9.97 Å². The lowest BCUT2D eigenvalue weighted by Crippen LogP contribution is -2.41. The van der Waals surface area contributed by atoms with Crippen molar-refractivity contribution in [2.75, 3.05) is 32.8 Å². The first-order valence-electron chi connectivity index (χ1n) is 9.52. The summed E-state index contributed by atoms with van der Waals surface area (Å²) in [4.78, 5) is 36.8. The number of benzene rings is 1. The minimum atomic E-state index is -0.299. The van der Waals surface area contributed by atoms with E-state index >= 15 is 0 Å². The van der Waals surface area contributed by atoms with Crippen LogP contribution in [0.5, 0.6) is 0 Å². The van der Waals surface area contributed by atoms with Crippen molar-refractivity contribution in [2.45, 2.75) is 25.4 Å². The molecule has 2 fully saturated rings. The number of aromatic nitrogens is 2. The molecule has 142 valence electrons. The molecule has 1 N–H and O–H groups in total. The monoisotopic (exact) mass is 368 g/mol. The molecule has 0 bridgehead atoms. The molecule has 2 aliphatic rings. The Hall–Kier alpha value is -2.67. The van der Waals surface area contributed by atoms with Crippen molar-refractivity contribution in [2.24, 2.45) is 0 Å². The number of nitrogens with zero attached hydrogens (tertiary/aromatic N) is 3. The molecule has 7 heteroatoms. The number of imidazole rings is 1. The summed E-state index contributed by atoms with van der Waals surface area (Å²) in [7, 11) is 0. The molecule has 4 rings (SSSR count). The molecule has 27 heavy (non-hydrogen) atoms. The van der Waals surface area contributed by atoms with Crippen LogP contribution in [-0.2, 0) is 9.53 Å². The second kappa shape index (κ2) is 7.92. The molecule has 2 amide bonds. The van der Waals surface area contributed by atoms with Crippen molar-refractivity contribution in [3.05, 3.63) is 42.2 Å². The minimum Gasteiger partial charge on any atom is -0.368 e. The highest BCUT2D eigenvalue weighted by molar-refractivity contribution is 6.00. The molecule has 2 aliphatic heterocycles. The highest BCUT2D eigenvalue weighted by Crippen LogP contribution is 2.22. The van der Waals surface area contributed by atoms with E-state index in [4.69, 9.17) is 4.74 Å². The molecule has 0 aliphatic carbocycles. The third-order valence-corrected chi connectivity index (χ3v) is 5.21. The molecule has 3 heterocycles. The van der Waals surface area contributed by atoms with Gasteiger partial charge >= 0.3 is 0 Å². The highest BCUT2D eigenvalue weighted by Gasteiger charge is 2.30. The van der Waals surface area contributed by atoms with Crippen LogP contribution in [0.15, 0.2) is 36.7 Å². The number of nitrogens with one attached hydrogen (secondary N) is 1. The smallest absolute Gasteiger partial charge is 0.254 e. The van der Waals surface area contributed by atoms with Crippen LogP contribution in [0.4, 0.5) is 0 Å². The number of carbonyl (C=O) groups excluding carboxylic acids is 2. The standard InChI is InChI=1S/C20H24N4O3/c25-19(16-6-2-1-5-15(16)18-21-8-9-22-18)23-10-4-11-24(13-12-23)20(26)17-7-3-14-27-17/h1-2,5-6,8-9,17H,3-4,7,10-14H2,(H,21,22)/t17-/m1/s1. The molecule has 1 aromatic carbocycles. The van der Waals surface area contributed by atoms with Crippen LogP contribution in [0.3, 0.4) is 0 Å². The lowest BCUT2D eigenvalue weighted by atomic mass is 10.1. The van der Waals surface area contributed by atoms with Gasteiger partial charge in [-0.3, -0.25) is 9.59 Å². The van der Waals surface area contributed by atoms with Gasteiger partial charge in [0.25, 0.3) is 11.8 Å². The highest BCUT2D eigenvalue weighted by atomic mass is 16.5. The van der Waals surface area contributed by atoms with Gasteiger partial charge in [0, 0.05) is 50.7 Å². The summed E-state index contributed by atoms with van der Waals surface area (Å²) in [5.74, 6) is 0.732. The molecule has 7 nitrogen and oxygen atoms in total. The van der Waals surface area contributed by atoms with Gasteiger partial charge in [0.2, 0.25) is 0 Å². The first kappa shape index (κ1) is 17.7. The van der Waals surface area contributed by atoms with Gasteiger partial charge in [0.05, 0.1) is 5.56 Å². The zero-order valence-electron chi connectivity index (χ0n) is 15.3. The maximum atomic E-state index is 13.2. The normalized spacial score (nSPS) is 20.5. The maximum Gasteiger partial charge on any atom is 0.254 e. The van der Waals surface area contributed by atoms with Crippen LogP contribution in [0.25, 0.3) is 11.4 Å². The fourth-order valence-corrected chi connectivity index (χ4v) is 3.78. The summed E-state index contributed by atoms with van der Waals surface area (Å²) in [5.41, 5.74) is 1.43. The Bertz CT molecular complexity index is 799. The SMILES string of the molecule is O=C(c1ccccc1-c1ncc[nH]1)N1CCCN(C(=O)[C@H]2CCCO2)CC1. The topological polar surface area (TPSA) is 78.5 Å². The molecule has 0 unspecified atom stereocenters. The number of hydrogen-bond acceptors (Lipinski definition) is 4. The van der Waals surface area contributed by atoms with E-state index in [0.717, 1.165) is 24.8 Å². The Balaban J connectivity index is 1.47. The number of ether oxygens (including phenoxy) is 1. The lowest BCUT2D eigenvalue weighted by Gasteiger charge is -2.24. The van der Waals surface area contributed by atoms with Crippen LogP contribution in [-0.4, -0.2) is 70.5 Å². The third kappa shape index (κ3) is 3.73. The van der Waals surface area contributed by atoms with Crippen molar-refractivity contribution >= 4 is 11.8 Å². The van der Waals surface area contributed by atoms with E-state index in [9.17, 15) is 9.59 Å². The van der Waals surface area contributed by atoms with Crippen molar-refractivity contribution in [3.8, 4) is 11.4 Å². The molecule has 2 aromatic rings. The zero-order chi connectivity index (χ0) is 18.6. The molecule has 0 radical (unpaired) electrons. The van der Waals surface area contributed by atoms with Gasteiger partial charge < -0.3 is 19.5 Å². The number of amides is 2. The number of H-pyrrole nitrogens is 1. The van der Waals surface area contributed by atoms with Gasteiger partial charge in [-0.2, -0.15) is 0 Å². The summed E-state index contributed by atoms with van der Waals surface area (Å²) < 4.78 is 5.53.